The van der Waals surface area contributed by atoms with Crippen molar-refractivity contribution in [1.29, 1.82) is 0 Å². The van der Waals surface area contributed by atoms with E-state index in [1.165, 1.54) is 21.5 Å². The summed E-state index contributed by atoms with van der Waals surface area (Å²) >= 11 is 0. The second-order valence-corrected chi connectivity index (χ2v) is 13.5. The number of fused-ring (bicyclic) bond motifs is 10. The van der Waals surface area contributed by atoms with E-state index >= 15 is 4.57 Å². The zero-order valence-electron chi connectivity index (χ0n) is 22.2. The lowest BCUT2D eigenvalue weighted by Gasteiger charge is -2.20. The van der Waals surface area contributed by atoms with Crippen LogP contribution < -0.4 is 15.9 Å². The molecule has 0 aliphatic carbocycles. The highest BCUT2D eigenvalue weighted by Gasteiger charge is 2.42. The minimum Gasteiger partial charge on any atom is -0.309 e. The summed E-state index contributed by atoms with van der Waals surface area (Å²) in [6.45, 7) is 0. The molecule has 1 atom stereocenters. The third kappa shape index (κ3) is 2.95. The Morgan fingerprint density at radius 3 is 2.00 bits per heavy atom. The molecular weight excluding hydrogens is 517 g/mol. The van der Waals surface area contributed by atoms with E-state index in [0.29, 0.717) is 0 Å². The maximum atomic E-state index is 15.8. The molecule has 7 aromatic carbocycles. The molecule has 8 aromatic rings. The molecule has 1 unspecified atom stereocenters. The van der Waals surface area contributed by atoms with E-state index in [9.17, 15) is 0 Å². The first kappa shape index (κ1) is 22.9. The van der Waals surface area contributed by atoms with Crippen molar-refractivity contribution < 1.29 is 4.57 Å². The van der Waals surface area contributed by atoms with Gasteiger partial charge < -0.3 is 9.13 Å². The fraction of sp³-hybridized carbons (Fsp3) is 0. The lowest BCUT2D eigenvalue weighted by molar-refractivity contribution is 0.593. The van der Waals surface area contributed by atoms with Crippen molar-refractivity contribution >= 4 is 66.4 Å². The van der Waals surface area contributed by atoms with Crippen molar-refractivity contribution in [3.05, 3.63) is 146 Å². The Morgan fingerprint density at radius 1 is 0.488 bits per heavy atom. The van der Waals surface area contributed by atoms with E-state index < -0.39 is 7.14 Å². The summed E-state index contributed by atoms with van der Waals surface area (Å²) in [6, 6.07) is 50.9. The number of hydrogen-bond donors (Lipinski definition) is 0. The van der Waals surface area contributed by atoms with Gasteiger partial charge in [-0.2, -0.15) is 0 Å². The van der Waals surface area contributed by atoms with E-state index in [1.54, 1.807) is 0 Å². The van der Waals surface area contributed by atoms with Gasteiger partial charge in [0, 0.05) is 26.8 Å². The molecule has 9 rings (SSSR count). The van der Waals surface area contributed by atoms with Crippen molar-refractivity contribution in [2.45, 2.75) is 0 Å². The SMILES string of the molecule is O=P1(c2ccccc2)c2ccccc2-c2ccc3c4ccccc4n(-c4cc5ccccc5c5ccccc45)c3c21. The first-order valence-corrected chi connectivity index (χ1v) is 15.7. The van der Waals surface area contributed by atoms with Gasteiger partial charge in [-0.25, -0.2) is 0 Å². The van der Waals surface area contributed by atoms with Crippen LogP contribution in [0.1, 0.15) is 0 Å². The molecule has 0 saturated carbocycles. The summed E-state index contributed by atoms with van der Waals surface area (Å²) in [5, 5.41) is 9.85. The van der Waals surface area contributed by atoms with Gasteiger partial charge in [0.15, 0.2) is 7.14 Å². The predicted octanol–water partition coefficient (Wildman–Crippen LogP) is 8.71. The lowest BCUT2D eigenvalue weighted by atomic mass is 10.00. The molecule has 0 saturated heterocycles. The quantitative estimate of drug-likeness (QED) is 0.158. The van der Waals surface area contributed by atoms with Crippen molar-refractivity contribution in [2.75, 3.05) is 0 Å². The van der Waals surface area contributed by atoms with Crippen LogP contribution in [0.3, 0.4) is 0 Å². The Bertz CT molecular complexity index is 2400. The summed E-state index contributed by atoms with van der Waals surface area (Å²) in [5.41, 5.74) is 5.39. The molecule has 1 aliphatic rings. The summed E-state index contributed by atoms with van der Waals surface area (Å²) in [5.74, 6) is 0. The highest BCUT2D eigenvalue weighted by Crippen LogP contribution is 2.55. The standard InChI is InChI=1S/C38H24NOP/c40-41(26-13-2-1-3-14-26)36-21-11-9-19-31(36)33-23-22-32-30-18-8-10-20-34(30)39(37(32)38(33)41)35-24-25-12-4-5-15-27(25)28-16-6-7-17-29(28)35/h1-24H. The molecule has 0 N–H and O–H groups in total. The third-order valence-corrected chi connectivity index (χ3v) is 11.9. The normalized spacial score (nSPS) is 16.0. The second kappa shape index (κ2) is 8.30. The van der Waals surface area contributed by atoms with E-state index in [0.717, 1.165) is 54.5 Å². The Morgan fingerprint density at radius 2 is 1.15 bits per heavy atom. The molecule has 2 heterocycles. The molecule has 0 amide bonds. The fourth-order valence-corrected chi connectivity index (χ4v) is 10.3. The van der Waals surface area contributed by atoms with Crippen LogP contribution in [-0.4, -0.2) is 4.57 Å². The van der Waals surface area contributed by atoms with E-state index in [1.807, 2.05) is 36.4 Å². The zero-order chi connectivity index (χ0) is 27.1. The second-order valence-electron chi connectivity index (χ2n) is 10.8. The largest absolute Gasteiger partial charge is 0.309 e. The maximum Gasteiger partial charge on any atom is 0.174 e. The van der Waals surface area contributed by atoms with Gasteiger partial charge in [-0.3, -0.25) is 0 Å². The monoisotopic (exact) mass is 541 g/mol. The molecule has 0 radical (unpaired) electrons. The molecule has 41 heavy (non-hydrogen) atoms. The number of rotatable bonds is 2. The number of benzene rings is 7. The molecule has 2 nitrogen and oxygen atoms in total. The summed E-state index contributed by atoms with van der Waals surface area (Å²) in [4.78, 5) is 0. The van der Waals surface area contributed by atoms with Crippen molar-refractivity contribution in [3.8, 4) is 16.8 Å². The van der Waals surface area contributed by atoms with Gasteiger partial charge in [-0.1, -0.05) is 133 Å². The Labute approximate surface area is 237 Å². The highest BCUT2D eigenvalue weighted by atomic mass is 31.2. The van der Waals surface area contributed by atoms with Crippen molar-refractivity contribution in [3.63, 3.8) is 0 Å². The van der Waals surface area contributed by atoms with Crippen LogP contribution in [-0.2, 0) is 4.57 Å². The Balaban J connectivity index is 1.54. The summed E-state index contributed by atoms with van der Waals surface area (Å²) in [7, 11) is -3.18. The van der Waals surface area contributed by atoms with Gasteiger partial charge >= 0.3 is 0 Å². The van der Waals surface area contributed by atoms with E-state index in [4.69, 9.17) is 0 Å². The first-order chi connectivity index (χ1) is 20.2. The minimum atomic E-state index is -3.18. The zero-order valence-corrected chi connectivity index (χ0v) is 23.1. The number of hydrogen-bond acceptors (Lipinski definition) is 1. The molecule has 1 aliphatic heterocycles. The van der Waals surface area contributed by atoms with Crippen molar-refractivity contribution in [1.82, 2.24) is 4.57 Å². The molecule has 192 valence electrons. The molecule has 3 heteroatoms. The first-order valence-electron chi connectivity index (χ1n) is 14.0. The van der Waals surface area contributed by atoms with Crippen LogP contribution in [0.2, 0.25) is 0 Å². The van der Waals surface area contributed by atoms with Gasteiger partial charge in [0.25, 0.3) is 0 Å². The van der Waals surface area contributed by atoms with Crippen LogP contribution >= 0.6 is 7.14 Å². The molecule has 0 fully saturated rings. The molecular formula is C38H24NOP. The fourth-order valence-electron chi connectivity index (χ4n) is 7.05. The Kier molecular flexibility index (Phi) is 4.63. The van der Waals surface area contributed by atoms with Gasteiger partial charge in [-0.05, 0) is 39.4 Å². The minimum absolute atomic E-state index is 0.874. The average Bonchev–Trinajstić information content (AvgIpc) is 3.51. The van der Waals surface area contributed by atoms with Crippen LogP contribution in [0.15, 0.2) is 146 Å². The predicted molar refractivity (Wildman–Crippen MR) is 174 cm³/mol. The van der Waals surface area contributed by atoms with Crippen LogP contribution in [0.5, 0.6) is 0 Å². The van der Waals surface area contributed by atoms with Crippen LogP contribution in [0.4, 0.5) is 0 Å². The van der Waals surface area contributed by atoms with Crippen molar-refractivity contribution in [2.24, 2.45) is 0 Å². The van der Waals surface area contributed by atoms with Gasteiger partial charge in [0.2, 0.25) is 0 Å². The van der Waals surface area contributed by atoms with Crippen LogP contribution in [0, 0.1) is 0 Å². The van der Waals surface area contributed by atoms with Gasteiger partial charge in [0.1, 0.15) is 0 Å². The topological polar surface area (TPSA) is 22.0 Å². The maximum absolute atomic E-state index is 15.8. The van der Waals surface area contributed by atoms with Gasteiger partial charge in [-0.15, -0.1) is 0 Å². The molecule has 0 bridgehead atoms. The third-order valence-electron chi connectivity index (χ3n) is 8.77. The molecule has 1 aromatic heterocycles. The summed E-state index contributed by atoms with van der Waals surface area (Å²) in [6.07, 6.45) is 0. The number of para-hydroxylation sites is 1. The number of nitrogens with zero attached hydrogens (tertiary/aromatic N) is 1. The number of aromatic nitrogens is 1. The van der Waals surface area contributed by atoms with E-state index in [-0.39, 0.29) is 0 Å². The summed E-state index contributed by atoms with van der Waals surface area (Å²) < 4.78 is 18.2. The highest BCUT2D eigenvalue weighted by molar-refractivity contribution is 7.86. The smallest absolute Gasteiger partial charge is 0.174 e. The Hall–Kier alpha value is -4.91. The van der Waals surface area contributed by atoms with Crippen LogP contribution in [0.25, 0.3) is 60.2 Å². The van der Waals surface area contributed by atoms with E-state index in [2.05, 4.69) is 114 Å². The lowest BCUT2D eigenvalue weighted by Crippen LogP contribution is -2.22. The average molecular weight is 542 g/mol. The molecule has 0 spiro atoms. The van der Waals surface area contributed by atoms with Gasteiger partial charge in [0.05, 0.1) is 22.0 Å².